The molecular weight excluding hydrogens is 313 g/mol. The van der Waals surface area contributed by atoms with Crippen LogP contribution in [0, 0.1) is 12.7 Å². The first kappa shape index (κ1) is 16.3. The van der Waals surface area contributed by atoms with Crippen LogP contribution < -0.4 is 15.0 Å². The molecule has 128 valence electrons. The molecule has 3 rings (SSSR count). The Bertz CT molecular complexity index is 704. The smallest absolute Gasteiger partial charge is 0.258 e. The molecule has 1 aliphatic heterocycles. The normalized spacial score (nSPS) is 17.6. The van der Waals surface area contributed by atoms with Crippen molar-refractivity contribution in [3.8, 4) is 5.88 Å². The molecule has 1 fully saturated rings. The number of piperidine rings is 1. The average molecular weight is 333 g/mol. The number of nitrogens with one attached hydrogen (secondary N) is 1. The van der Waals surface area contributed by atoms with Crippen LogP contribution in [0.15, 0.2) is 34.9 Å². The summed E-state index contributed by atoms with van der Waals surface area (Å²) in [5.74, 6) is 0.466. The highest BCUT2D eigenvalue weighted by atomic mass is 19.1. The third-order valence-corrected chi connectivity index (χ3v) is 3.92. The number of ether oxygens (including phenoxy) is 1. The summed E-state index contributed by atoms with van der Waals surface area (Å²) in [7, 11) is 0. The van der Waals surface area contributed by atoms with Crippen molar-refractivity contribution in [2.24, 2.45) is 0 Å². The number of aromatic nitrogens is 1. The second-order valence-corrected chi connectivity index (χ2v) is 5.90. The number of amides is 1. The van der Waals surface area contributed by atoms with E-state index < -0.39 is 0 Å². The summed E-state index contributed by atoms with van der Waals surface area (Å²) in [6, 6.07) is 8.15. The molecule has 0 spiro atoms. The largest absolute Gasteiger partial charge is 0.465 e. The van der Waals surface area contributed by atoms with E-state index in [0.29, 0.717) is 18.2 Å². The van der Waals surface area contributed by atoms with Gasteiger partial charge in [0.1, 0.15) is 11.6 Å². The number of rotatable bonds is 5. The van der Waals surface area contributed by atoms with Crippen LogP contribution >= 0.6 is 0 Å². The molecule has 1 N–H and O–H groups in total. The van der Waals surface area contributed by atoms with Gasteiger partial charge in [-0.25, -0.2) is 4.39 Å². The summed E-state index contributed by atoms with van der Waals surface area (Å²) < 4.78 is 23.5. The van der Waals surface area contributed by atoms with Gasteiger partial charge in [0.2, 0.25) is 0 Å². The summed E-state index contributed by atoms with van der Waals surface area (Å²) in [6.07, 6.45) is 1.82. The van der Waals surface area contributed by atoms with Crippen LogP contribution in [0.5, 0.6) is 5.88 Å². The van der Waals surface area contributed by atoms with E-state index in [2.05, 4.69) is 15.4 Å². The van der Waals surface area contributed by atoms with Crippen LogP contribution in [-0.4, -0.2) is 36.8 Å². The SMILES string of the molecule is Cc1cc(OCC(=O)N[C@@H]2CCCN(c3cccc(F)c3)C2)no1. The van der Waals surface area contributed by atoms with Crippen molar-refractivity contribution in [3.63, 3.8) is 0 Å². The third-order valence-electron chi connectivity index (χ3n) is 3.92. The molecule has 1 amide bonds. The fourth-order valence-corrected chi connectivity index (χ4v) is 2.82. The number of aryl methyl sites for hydroxylation is 1. The molecule has 1 atom stereocenters. The molecule has 1 aromatic carbocycles. The van der Waals surface area contributed by atoms with Crippen molar-refractivity contribution >= 4 is 11.6 Å². The van der Waals surface area contributed by atoms with Crippen molar-refractivity contribution in [2.45, 2.75) is 25.8 Å². The van der Waals surface area contributed by atoms with Gasteiger partial charge in [0, 0.05) is 30.9 Å². The Morgan fingerprint density at radius 3 is 3.12 bits per heavy atom. The molecule has 2 heterocycles. The number of benzene rings is 1. The molecule has 24 heavy (non-hydrogen) atoms. The van der Waals surface area contributed by atoms with E-state index in [1.54, 1.807) is 19.1 Å². The molecule has 0 aliphatic carbocycles. The van der Waals surface area contributed by atoms with E-state index in [1.165, 1.54) is 12.1 Å². The summed E-state index contributed by atoms with van der Waals surface area (Å²) in [5.41, 5.74) is 0.836. The minimum atomic E-state index is -0.255. The zero-order valence-corrected chi connectivity index (χ0v) is 13.5. The van der Waals surface area contributed by atoms with Crippen LogP contribution in [0.25, 0.3) is 0 Å². The number of hydrogen-bond donors (Lipinski definition) is 1. The van der Waals surface area contributed by atoms with Gasteiger partial charge in [-0.15, -0.1) is 0 Å². The van der Waals surface area contributed by atoms with Crippen LogP contribution in [0.4, 0.5) is 10.1 Å². The van der Waals surface area contributed by atoms with Gasteiger partial charge in [-0.05, 0) is 43.1 Å². The zero-order chi connectivity index (χ0) is 16.9. The van der Waals surface area contributed by atoms with Crippen LogP contribution in [0.2, 0.25) is 0 Å². The Morgan fingerprint density at radius 2 is 2.38 bits per heavy atom. The lowest BCUT2D eigenvalue weighted by molar-refractivity contribution is -0.123. The number of halogens is 1. The number of anilines is 1. The summed E-state index contributed by atoms with van der Waals surface area (Å²) in [4.78, 5) is 14.1. The highest BCUT2D eigenvalue weighted by molar-refractivity contribution is 5.77. The molecule has 1 aliphatic rings. The van der Waals surface area contributed by atoms with Crippen molar-refractivity contribution in [3.05, 3.63) is 41.9 Å². The predicted octanol–water partition coefficient (Wildman–Crippen LogP) is 2.29. The van der Waals surface area contributed by atoms with Crippen molar-refractivity contribution in [1.82, 2.24) is 10.5 Å². The lowest BCUT2D eigenvalue weighted by atomic mass is 10.0. The number of carbonyl (C=O) groups excluding carboxylic acids is 1. The molecule has 0 unspecified atom stereocenters. The second kappa shape index (κ2) is 7.33. The third kappa shape index (κ3) is 4.24. The molecule has 7 heteroatoms. The predicted molar refractivity (Wildman–Crippen MR) is 86.5 cm³/mol. The van der Waals surface area contributed by atoms with Gasteiger partial charge in [0.25, 0.3) is 11.8 Å². The Kier molecular flexibility index (Phi) is 4.98. The molecule has 1 saturated heterocycles. The van der Waals surface area contributed by atoms with E-state index >= 15 is 0 Å². The van der Waals surface area contributed by atoms with Gasteiger partial charge in [0.05, 0.1) is 0 Å². The maximum Gasteiger partial charge on any atom is 0.258 e. The first-order valence-corrected chi connectivity index (χ1v) is 7.96. The molecule has 0 saturated carbocycles. The minimum Gasteiger partial charge on any atom is -0.465 e. The quantitative estimate of drug-likeness (QED) is 0.909. The monoisotopic (exact) mass is 333 g/mol. The van der Waals surface area contributed by atoms with Crippen LogP contribution in [0.1, 0.15) is 18.6 Å². The van der Waals surface area contributed by atoms with Crippen molar-refractivity contribution in [1.29, 1.82) is 0 Å². The van der Waals surface area contributed by atoms with E-state index in [1.807, 2.05) is 6.07 Å². The molecule has 2 aromatic rings. The van der Waals surface area contributed by atoms with Gasteiger partial charge in [0.15, 0.2) is 6.61 Å². The Hall–Kier alpha value is -2.57. The van der Waals surface area contributed by atoms with E-state index in [9.17, 15) is 9.18 Å². The number of hydrogen-bond acceptors (Lipinski definition) is 5. The maximum absolute atomic E-state index is 13.4. The van der Waals surface area contributed by atoms with Gasteiger partial charge >= 0.3 is 0 Å². The molecular formula is C17H20FN3O3. The lowest BCUT2D eigenvalue weighted by Crippen LogP contribution is -2.49. The summed E-state index contributed by atoms with van der Waals surface area (Å²) in [6.45, 7) is 3.15. The Morgan fingerprint density at radius 1 is 1.50 bits per heavy atom. The fraction of sp³-hybridized carbons (Fsp3) is 0.412. The Labute approximate surface area is 139 Å². The highest BCUT2D eigenvalue weighted by Gasteiger charge is 2.22. The zero-order valence-electron chi connectivity index (χ0n) is 13.5. The number of carbonyl (C=O) groups is 1. The van der Waals surface area contributed by atoms with E-state index in [4.69, 9.17) is 9.26 Å². The van der Waals surface area contributed by atoms with Crippen molar-refractivity contribution in [2.75, 3.05) is 24.6 Å². The lowest BCUT2D eigenvalue weighted by Gasteiger charge is -2.34. The van der Waals surface area contributed by atoms with Gasteiger partial charge < -0.3 is 19.5 Å². The standard InChI is InChI=1S/C17H20FN3O3/c1-12-8-17(20-24-12)23-11-16(22)19-14-5-3-7-21(10-14)15-6-2-4-13(18)9-15/h2,4,6,8-9,14H,3,5,7,10-11H2,1H3,(H,19,22)/t14-/m1/s1. The second-order valence-electron chi connectivity index (χ2n) is 5.90. The fourth-order valence-electron chi connectivity index (χ4n) is 2.82. The van der Waals surface area contributed by atoms with Gasteiger partial charge in [-0.3, -0.25) is 4.79 Å². The molecule has 1 aromatic heterocycles. The van der Waals surface area contributed by atoms with Gasteiger partial charge in [-0.1, -0.05) is 6.07 Å². The maximum atomic E-state index is 13.4. The number of nitrogens with zero attached hydrogens (tertiary/aromatic N) is 2. The van der Waals surface area contributed by atoms with E-state index in [0.717, 1.165) is 25.1 Å². The first-order valence-electron chi connectivity index (χ1n) is 7.96. The molecule has 0 radical (unpaired) electrons. The summed E-state index contributed by atoms with van der Waals surface area (Å²) in [5, 5.41) is 6.63. The minimum absolute atomic E-state index is 0.0113. The van der Waals surface area contributed by atoms with Crippen molar-refractivity contribution < 1.29 is 18.4 Å². The molecule has 6 nitrogen and oxygen atoms in total. The first-order chi connectivity index (χ1) is 11.6. The van der Waals surface area contributed by atoms with E-state index in [-0.39, 0.29) is 24.4 Å². The van der Waals surface area contributed by atoms with Crippen LogP contribution in [0.3, 0.4) is 0 Å². The average Bonchev–Trinajstić information content (AvgIpc) is 2.99. The molecule has 0 bridgehead atoms. The summed E-state index contributed by atoms with van der Waals surface area (Å²) >= 11 is 0. The van der Waals surface area contributed by atoms with Crippen LogP contribution in [-0.2, 0) is 4.79 Å². The highest BCUT2D eigenvalue weighted by Crippen LogP contribution is 2.20. The Balaban J connectivity index is 1.50. The van der Waals surface area contributed by atoms with Gasteiger partial charge in [-0.2, -0.15) is 0 Å². The topological polar surface area (TPSA) is 67.6 Å².